The molecule has 5 nitrogen and oxygen atoms in total. The molecule has 2 N–H and O–H groups in total. The molecule has 0 saturated heterocycles. The fourth-order valence-electron chi connectivity index (χ4n) is 1.78. The summed E-state index contributed by atoms with van der Waals surface area (Å²) in [6.07, 6.45) is 4.39. The van der Waals surface area contributed by atoms with Gasteiger partial charge in [0.25, 0.3) is 0 Å². The van der Waals surface area contributed by atoms with Crippen LogP contribution in [0, 0.1) is 5.82 Å². The van der Waals surface area contributed by atoms with Crippen LogP contribution in [0.25, 0.3) is 0 Å². The van der Waals surface area contributed by atoms with Gasteiger partial charge in [-0.25, -0.2) is 9.37 Å². The predicted octanol–water partition coefficient (Wildman–Crippen LogP) is 1.33. The number of imidazole rings is 1. The van der Waals surface area contributed by atoms with Crippen molar-refractivity contribution in [1.82, 2.24) is 14.9 Å². The first kappa shape index (κ1) is 14.2. The number of amides is 1. The number of anilines is 1. The van der Waals surface area contributed by atoms with Crippen molar-refractivity contribution in [1.29, 1.82) is 0 Å². The maximum absolute atomic E-state index is 12.7. The summed E-state index contributed by atoms with van der Waals surface area (Å²) in [7, 11) is 1.93. The number of aryl methyl sites for hydroxylation is 1. The molecule has 0 aliphatic rings. The van der Waals surface area contributed by atoms with E-state index in [0.29, 0.717) is 12.2 Å². The van der Waals surface area contributed by atoms with Crippen molar-refractivity contribution in [2.75, 3.05) is 18.4 Å². The van der Waals surface area contributed by atoms with Gasteiger partial charge >= 0.3 is 0 Å². The summed E-state index contributed by atoms with van der Waals surface area (Å²) in [6.45, 7) is 0.878. The van der Waals surface area contributed by atoms with Gasteiger partial charge in [-0.05, 0) is 24.3 Å². The molecule has 0 radical (unpaired) electrons. The minimum Gasteiger partial charge on any atom is -0.338 e. The van der Waals surface area contributed by atoms with E-state index in [-0.39, 0.29) is 18.3 Å². The average molecular weight is 276 g/mol. The molecule has 0 bridgehead atoms. The van der Waals surface area contributed by atoms with Gasteiger partial charge in [0.05, 0.1) is 6.54 Å². The standard InChI is InChI=1S/C14H17FN4O/c1-19-9-8-17-13(19)6-7-16-10-14(20)18-12-4-2-11(15)3-5-12/h2-5,8-9,16H,6-7,10H2,1H3,(H,18,20). The molecule has 20 heavy (non-hydrogen) atoms. The molecule has 1 heterocycles. The summed E-state index contributed by atoms with van der Waals surface area (Å²) in [4.78, 5) is 15.8. The fraction of sp³-hybridized carbons (Fsp3) is 0.286. The van der Waals surface area contributed by atoms with Crippen molar-refractivity contribution in [3.05, 3.63) is 48.3 Å². The van der Waals surface area contributed by atoms with Gasteiger partial charge in [-0.15, -0.1) is 0 Å². The Balaban J connectivity index is 1.68. The predicted molar refractivity (Wildman–Crippen MR) is 74.8 cm³/mol. The van der Waals surface area contributed by atoms with E-state index in [9.17, 15) is 9.18 Å². The molecule has 0 aliphatic carbocycles. The Labute approximate surface area is 116 Å². The van der Waals surface area contributed by atoms with Crippen LogP contribution in [-0.2, 0) is 18.3 Å². The fourth-order valence-corrected chi connectivity index (χ4v) is 1.78. The lowest BCUT2D eigenvalue weighted by atomic mass is 10.3. The van der Waals surface area contributed by atoms with Crippen LogP contribution >= 0.6 is 0 Å². The highest BCUT2D eigenvalue weighted by atomic mass is 19.1. The third-order valence-corrected chi connectivity index (χ3v) is 2.86. The van der Waals surface area contributed by atoms with Gasteiger partial charge in [0, 0.05) is 38.1 Å². The zero-order valence-corrected chi connectivity index (χ0v) is 11.3. The molecule has 2 rings (SSSR count). The first-order valence-electron chi connectivity index (χ1n) is 6.37. The smallest absolute Gasteiger partial charge is 0.238 e. The van der Waals surface area contributed by atoms with Gasteiger partial charge in [-0.1, -0.05) is 0 Å². The van der Waals surface area contributed by atoms with Crippen LogP contribution < -0.4 is 10.6 Å². The Morgan fingerprint density at radius 2 is 2.10 bits per heavy atom. The number of hydrogen-bond donors (Lipinski definition) is 2. The lowest BCUT2D eigenvalue weighted by Crippen LogP contribution is -2.29. The summed E-state index contributed by atoms with van der Waals surface area (Å²) in [5, 5.41) is 5.73. The number of carbonyl (C=O) groups is 1. The van der Waals surface area contributed by atoms with Crippen LogP contribution in [0.4, 0.5) is 10.1 Å². The molecular formula is C14H17FN4O. The molecule has 2 aromatic rings. The molecule has 0 unspecified atom stereocenters. The topological polar surface area (TPSA) is 59.0 Å². The Kier molecular flexibility index (Phi) is 4.84. The molecule has 1 aromatic heterocycles. The molecule has 0 fully saturated rings. The van der Waals surface area contributed by atoms with E-state index in [0.717, 1.165) is 12.2 Å². The highest BCUT2D eigenvalue weighted by molar-refractivity contribution is 5.92. The van der Waals surface area contributed by atoms with Crippen LogP contribution in [0.2, 0.25) is 0 Å². The molecule has 0 spiro atoms. The van der Waals surface area contributed by atoms with E-state index in [1.54, 1.807) is 6.20 Å². The second kappa shape index (κ2) is 6.81. The lowest BCUT2D eigenvalue weighted by Gasteiger charge is -2.07. The zero-order valence-electron chi connectivity index (χ0n) is 11.3. The number of nitrogens with one attached hydrogen (secondary N) is 2. The van der Waals surface area contributed by atoms with Gasteiger partial charge in [-0.3, -0.25) is 4.79 Å². The van der Waals surface area contributed by atoms with Crippen LogP contribution in [0.3, 0.4) is 0 Å². The molecule has 0 aliphatic heterocycles. The van der Waals surface area contributed by atoms with E-state index in [4.69, 9.17) is 0 Å². The van der Waals surface area contributed by atoms with E-state index in [1.165, 1.54) is 24.3 Å². The van der Waals surface area contributed by atoms with Crippen LogP contribution in [0.1, 0.15) is 5.82 Å². The first-order valence-corrected chi connectivity index (χ1v) is 6.37. The highest BCUT2D eigenvalue weighted by Gasteiger charge is 2.03. The van der Waals surface area contributed by atoms with Crippen molar-refractivity contribution in [3.63, 3.8) is 0 Å². The molecule has 1 aromatic carbocycles. The Morgan fingerprint density at radius 1 is 1.35 bits per heavy atom. The molecule has 106 valence electrons. The largest absolute Gasteiger partial charge is 0.338 e. The van der Waals surface area contributed by atoms with Gasteiger partial charge in [0.2, 0.25) is 5.91 Å². The SMILES string of the molecule is Cn1ccnc1CCNCC(=O)Nc1ccc(F)cc1. The van der Waals surface area contributed by atoms with Gasteiger partial charge < -0.3 is 15.2 Å². The number of aromatic nitrogens is 2. The van der Waals surface area contributed by atoms with E-state index >= 15 is 0 Å². The van der Waals surface area contributed by atoms with E-state index < -0.39 is 0 Å². The third kappa shape index (κ3) is 4.17. The molecule has 1 amide bonds. The summed E-state index contributed by atoms with van der Waals surface area (Å²) in [5.41, 5.74) is 0.585. The first-order chi connectivity index (χ1) is 9.65. The highest BCUT2D eigenvalue weighted by Crippen LogP contribution is 2.07. The second-order valence-corrected chi connectivity index (χ2v) is 4.44. The van der Waals surface area contributed by atoms with Gasteiger partial charge in [0.15, 0.2) is 0 Å². The van der Waals surface area contributed by atoms with E-state index in [2.05, 4.69) is 15.6 Å². The maximum atomic E-state index is 12.7. The van der Waals surface area contributed by atoms with Crippen molar-refractivity contribution < 1.29 is 9.18 Å². The van der Waals surface area contributed by atoms with Gasteiger partial charge in [0.1, 0.15) is 11.6 Å². The monoisotopic (exact) mass is 276 g/mol. The van der Waals surface area contributed by atoms with Crippen LogP contribution in [0.5, 0.6) is 0 Å². The molecule has 6 heteroatoms. The Hall–Kier alpha value is -2.21. The summed E-state index contributed by atoms with van der Waals surface area (Å²) in [5.74, 6) is 0.490. The number of benzene rings is 1. The average Bonchev–Trinajstić information content (AvgIpc) is 2.83. The lowest BCUT2D eigenvalue weighted by molar-refractivity contribution is -0.115. The summed E-state index contributed by atoms with van der Waals surface area (Å²) < 4.78 is 14.7. The molecular weight excluding hydrogens is 259 g/mol. The Morgan fingerprint density at radius 3 is 2.75 bits per heavy atom. The summed E-state index contributed by atoms with van der Waals surface area (Å²) >= 11 is 0. The quantitative estimate of drug-likeness (QED) is 0.783. The van der Waals surface area contributed by atoms with Gasteiger partial charge in [-0.2, -0.15) is 0 Å². The number of nitrogens with zero attached hydrogens (tertiary/aromatic N) is 2. The van der Waals surface area contributed by atoms with Crippen molar-refractivity contribution in [3.8, 4) is 0 Å². The van der Waals surface area contributed by atoms with Crippen molar-refractivity contribution in [2.45, 2.75) is 6.42 Å². The molecule has 0 saturated carbocycles. The number of carbonyl (C=O) groups excluding carboxylic acids is 1. The zero-order chi connectivity index (χ0) is 14.4. The third-order valence-electron chi connectivity index (χ3n) is 2.86. The molecule has 0 atom stereocenters. The van der Waals surface area contributed by atoms with E-state index in [1.807, 2.05) is 17.8 Å². The minimum atomic E-state index is -0.323. The van der Waals surface area contributed by atoms with Crippen LogP contribution in [0.15, 0.2) is 36.7 Å². The maximum Gasteiger partial charge on any atom is 0.238 e. The number of halogens is 1. The minimum absolute atomic E-state index is 0.156. The van der Waals surface area contributed by atoms with Crippen LogP contribution in [-0.4, -0.2) is 28.5 Å². The number of hydrogen-bond acceptors (Lipinski definition) is 3. The second-order valence-electron chi connectivity index (χ2n) is 4.44. The van der Waals surface area contributed by atoms with Crippen molar-refractivity contribution >= 4 is 11.6 Å². The Bertz CT molecular complexity index is 565. The number of rotatable bonds is 6. The normalized spacial score (nSPS) is 10.5. The summed E-state index contributed by atoms with van der Waals surface area (Å²) in [6, 6.07) is 5.68. The van der Waals surface area contributed by atoms with Crippen molar-refractivity contribution in [2.24, 2.45) is 7.05 Å².